The summed E-state index contributed by atoms with van der Waals surface area (Å²) in [4.78, 5) is 36.4. The lowest BCUT2D eigenvalue weighted by Gasteiger charge is -2.22. The molecule has 0 unspecified atom stereocenters. The number of nitrogens with one attached hydrogen (secondary N) is 3. The summed E-state index contributed by atoms with van der Waals surface area (Å²) in [6.07, 6.45) is 0.457. The summed E-state index contributed by atoms with van der Waals surface area (Å²) < 4.78 is 28.2. The van der Waals surface area contributed by atoms with Crippen molar-refractivity contribution in [2.75, 3.05) is 18.1 Å². The van der Waals surface area contributed by atoms with Crippen molar-refractivity contribution in [3.05, 3.63) is 30.3 Å². The van der Waals surface area contributed by atoms with Gasteiger partial charge in [-0.15, -0.1) is 0 Å². The van der Waals surface area contributed by atoms with E-state index in [2.05, 4.69) is 16.2 Å². The van der Waals surface area contributed by atoms with Gasteiger partial charge in [0, 0.05) is 6.42 Å². The summed E-state index contributed by atoms with van der Waals surface area (Å²) in [5.74, 6) is -1.37. The Bertz CT molecular complexity index is 826. The molecular weight excluding hydrogens is 398 g/mol. The summed E-state index contributed by atoms with van der Waals surface area (Å²) in [5, 5.41) is 2.59. The van der Waals surface area contributed by atoms with Gasteiger partial charge in [-0.05, 0) is 30.4 Å². The number of hydrogen-bond donors (Lipinski definition) is 3. The zero-order chi connectivity index (χ0) is 21.4. The van der Waals surface area contributed by atoms with E-state index in [1.54, 1.807) is 38.1 Å². The van der Waals surface area contributed by atoms with E-state index in [0.717, 1.165) is 0 Å². The molecule has 0 radical (unpaired) electrons. The van der Waals surface area contributed by atoms with Crippen LogP contribution in [0.5, 0.6) is 5.75 Å². The summed E-state index contributed by atoms with van der Waals surface area (Å²) in [5.41, 5.74) is 4.58. The van der Waals surface area contributed by atoms with E-state index in [1.165, 1.54) is 0 Å². The number of benzene rings is 1. The molecule has 0 aliphatic carbocycles. The van der Waals surface area contributed by atoms with Gasteiger partial charge < -0.3 is 10.1 Å². The first kappa shape index (κ1) is 22.7. The molecule has 1 aromatic carbocycles. The Morgan fingerprint density at radius 1 is 1.10 bits per heavy atom. The Morgan fingerprint density at radius 3 is 2.38 bits per heavy atom. The van der Waals surface area contributed by atoms with Gasteiger partial charge in [0.15, 0.2) is 16.4 Å². The monoisotopic (exact) mass is 425 g/mol. The van der Waals surface area contributed by atoms with E-state index < -0.39 is 33.6 Å². The highest BCUT2D eigenvalue weighted by atomic mass is 32.2. The number of sulfone groups is 1. The van der Waals surface area contributed by atoms with E-state index in [4.69, 9.17) is 4.74 Å². The molecule has 2 rings (SSSR count). The van der Waals surface area contributed by atoms with Gasteiger partial charge in [0.05, 0.1) is 11.5 Å². The lowest BCUT2D eigenvalue weighted by atomic mass is 10.0. The first-order chi connectivity index (χ1) is 13.7. The minimum atomic E-state index is -3.06. The standard InChI is InChI=1S/C19H27N3O6S/c1-13(2)18(20-17(24)11-28-15-6-4-3-5-7-15)19(25)22-21-16(23)10-14-8-9-29(26,27)12-14/h3-7,13-14,18H,8-12H2,1-2H3,(H,20,24)(H,21,23)(H,22,25)/t14-,18-/m0/s1. The van der Waals surface area contributed by atoms with Gasteiger partial charge in [-0.25, -0.2) is 8.42 Å². The summed E-state index contributed by atoms with van der Waals surface area (Å²) in [6.45, 7) is 3.27. The molecule has 160 valence electrons. The molecule has 10 heteroatoms. The van der Waals surface area contributed by atoms with Gasteiger partial charge in [0.2, 0.25) is 5.91 Å². The van der Waals surface area contributed by atoms with Crippen LogP contribution in [0.1, 0.15) is 26.7 Å². The number of hydrogen-bond acceptors (Lipinski definition) is 6. The molecule has 9 nitrogen and oxygen atoms in total. The highest BCUT2D eigenvalue weighted by Crippen LogP contribution is 2.21. The fourth-order valence-corrected chi connectivity index (χ4v) is 4.83. The molecule has 1 heterocycles. The maximum absolute atomic E-state index is 12.4. The first-order valence-corrected chi connectivity index (χ1v) is 11.2. The van der Waals surface area contributed by atoms with Crippen LogP contribution in [0.15, 0.2) is 30.3 Å². The van der Waals surface area contributed by atoms with Crippen LogP contribution >= 0.6 is 0 Å². The lowest BCUT2D eigenvalue weighted by Crippen LogP contribution is -2.55. The number of rotatable bonds is 8. The molecule has 0 spiro atoms. The van der Waals surface area contributed by atoms with Crippen molar-refractivity contribution >= 4 is 27.6 Å². The van der Waals surface area contributed by atoms with Crippen LogP contribution in [0.25, 0.3) is 0 Å². The van der Waals surface area contributed by atoms with E-state index in [-0.39, 0.29) is 36.4 Å². The van der Waals surface area contributed by atoms with Crippen LogP contribution in [-0.4, -0.2) is 50.3 Å². The van der Waals surface area contributed by atoms with E-state index >= 15 is 0 Å². The Kier molecular flexibility index (Phi) is 8.00. The van der Waals surface area contributed by atoms with E-state index in [0.29, 0.717) is 12.2 Å². The van der Waals surface area contributed by atoms with Crippen LogP contribution < -0.4 is 20.9 Å². The second kappa shape index (κ2) is 10.2. The quantitative estimate of drug-likeness (QED) is 0.509. The Balaban J connectivity index is 1.77. The second-order valence-corrected chi connectivity index (χ2v) is 9.63. The molecule has 1 saturated heterocycles. The van der Waals surface area contributed by atoms with Gasteiger partial charge in [-0.1, -0.05) is 32.0 Å². The van der Waals surface area contributed by atoms with Gasteiger partial charge in [-0.2, -0.15) is 0 Å². The van der Waals surface area contributed by atoms with Gasteiger partial charge in [0.1, 0.15) is 11.8 Å². The molecule has 1 aliphatic rings. The summed E-state index contributed by atoms with van der Waals surface area (Å²) >= 11 is 0. The van der Waals surface area contributed by atoms with Crippen molar-refractivity contribution in [2.24, 2.45) is 11.8 Å². The third-order valence-corrected chi connectivity index (χ3v) is 6.34. The van der Waals surface area contributed by atoms with Crippen LogP contribution in [0.3, 0.4) is 0 Å². The minimum absolute atomic E-state index is 0.0134. The molecule has 1 fully saturated rings. The molecule has 3 N–H and O–H groups in total. The number of carbonyl (C=O) groups excluding carboxylic acids is 3. The first-order valence-electron chi connectivity index (χ1n) is 9.42. The Morgan fingerprint density at radius 2 is 1.79 bits per heavy atom. The molecule has 0 aromatic heterocycles. The second-order valence-electron chi connectivity index (χ2n) is 7.40. The third-order valence-electron chi connectivity index (χ3n) is 4.50. The SMILES string of the molecule is CC(C)[C@H](NC(=O)COc1ccccc1)C(=O)NNC(=O)C[C@@H]1CCS(=O)(=O)C1. The Labute approximate surface area is 170 Å². The molecule has 2 atom stereocenters. The lowest BCUT2D eigenvalue weighted by molar-refractivity contribution is -0.133. The average molecular weight is 426 g/mol. The van der Waals surface area contributed by atoms with Gasteiger partial charge in [-0.3, -0.25) is 25.2 Å². The molecule has 29 heavy (non-hydrogen) atoms. The van der Waals surface area contributed by atoms with E-state index in [1.807, 2.05) is 6.07 Å². The van der Waals surface area contributed by atoms with E-state index in [9.17, 15) is 22.8 Å². The predicted molar refractivity (Wildman–Crippen MR) is 106 cm³/mol. The van der Waals surface area contributed by atoms with Crippen LogP contribution in [0.4, 0.5) is 0 Å². The van der Waals surface area contributed by atoms with Gasteiger partial charge in [0.25, 0.3) is 11.8 Å². The fourth-order valence-electron chi connectivity index (χ4n) is 2.97. The zero-order valence-corrected chi connectivity index (χ0v) is 17.3. The number of amides is 3. The average Bonchev–Trinajstić information content (AvgIpc) is 3.01. The number of carbonyl (C=O) groups is 3. The fraction of sp³-hybridized carbons (Fsp3) is 0.526. The smallest absolute Gasteiger partial charge is 0.261 e. The number of para-hydroxylation sites is 1. The highest BCUT2D eigenvalue weighted by Gasteiger charge is 2.30. The van der Waals surface area contributed by atoms with Crippen LogP contribution in [0.2, 0.25) is 0 Å². The molecule has 3 amide bonds. The van der Waals surface area contributed by atoms with Crippen molar-refractivity contribution in [3.63, 3.8) is 0 Å². The van der Waals surface area contributed by atoms with Crippen LogP contribution in [-0.2, 0) is 24.2 Å². The Hall–Kier alpha value is -2.62. The number of hydrazine groups is 1. The topological polar surface area (TPSA) is 131 Å². The maximum atomic E-state index is 12.4. The van der Waals surface area contributed by atoms with Crippen LogP contribution in [0, 0.1) is 11.8 Å². The largest absolute Gasteiger partial charge is 0.484 e. The normalized spacial score (nSPS) is 18.7. The minimum Gasteiger partial charge on any atom is -0.484 e. The summed E-state index contributed by atoms with van der Waals surface area (Å²) in [7, 11) is -3.06. The molecular formula is C19H27N3O6S. The van der Waals surface area contributed by atoms with Crippen molar-refractivity contribution in [1.29, 1.82) is 0 Å². The van der Waals surface area contributed by atoms with Crippen molar-refractivity contribution in [3.8, 4) is 5.75 Å². The maximum Gasteiger partial charge on any atom is 0.261 e. The summed E-state index contributed by atoms with van der Waals surface area (Å²) in [6, 6.07) is 7.94. The van der Waals surface area contributed by atoms with Crippen molar-refractivity contribution in [2.45, 2.75) is 32.7 Å². The van der Waals surface area contributed by atoms with Crippen molar-refractivity contribution < 1.29 is 27.5 Å². The predicted octanol–water partition coefficient (Wildman–Crippen LogP) is 0.178. The molecule has 0 bridgehead atoms. The zero-order valence-electron chi connectivity index (χ0n) is 16.5. The molecule has 0 saturated carbocycles. The third kappa shape index (κ3) is 7.72. The molecule has 1 aliphatic heterocycles. The highest BCUT2D eigenvalue weighted by molar-refractivity contribution is 7.91. The van der Waals surface area contributed by atoms with Crippen molar-refractivity contribution in [1.82, 2.24) is 16.2 Å². The molecule has 1 aromatic rings. The van der Waals surface area contributed by atoms with Gasteiger partial charge >= 0.3 is 0 Å². The number of ether oxygens (including phenoxy) is 1.